The van der Waals surface area contributed by atoms with Gasteiger partial charge in [-0.25, -0.2) is 9.18 Å². The van der Waals surface area contributed by atoms with Crippen LogP contribution in [-0.2, 0) is 10.3 Å². The molecular formula is C19H17BrClFN2O3. The quantitative estimate of drug-likeness (QED) is 0.654. The minimum Gasteiger partial charge on any atom is -0.491 e. The van der Waals surface area contributed by atoms with E-state index in [0.29, 0.717) is 27.2 Å². The molecule has 142 valence electrons. The van der Waals surface area contributed by atoms with Crippen molar-refractivity contribution in [1.82, 2.24) is 10.2 Å². The second kappa shape index (κ2) is 7.86. The minimum absolute atomic E-state index is 0.0860. The van der Waals surface area contributed by atoms with Crippen LogP contribution in [0.25, 0.3) is 0 Å². The molecule has 3 rings (SSSR count). The number of carbonyl (C=O) groups excluding carboxylic acids is 2. The Labute approximate surface area is 169 Å². The summed E-state index contributed by atoms with van der Waals surface area (Å²) in [6.07, 6.45) is 0.350. The average molecular weight is 456 g/mol. The lowest BCUT2D eigenvalue weighted by Gasteiger charge is -2.25. The summed E-state index contributed by atoms with van der Waals surface area (Å²) in [6, 6.07) is 10.2. The largest absolute Gasteiger partial charge is 0.491 e. The molecule has 2 aromatic carbocycles. The maximum atomic E-state index is 13.2. The van der Waals surface area contributed by atoms with Gasteiger partial charge in [-0.1, -0.05) is 30.7 Å². The van der Waals surface area contributed by atoms with E-state index in [9.17, 15) is 14.0 Å². The van der Waals surface area contributed by atoms with Crippen LogP contribution in [0.3, 0.4) is 0 Å². The van der Waals surface area contributed by atoms with E-state index < -0.39 is 17.4 Å². The fraction of sp³-hybridized carbons (Fsp3) is 0.263. The van der Waals surface area contributed by atoms with E-state index in [4.69, 9.17) is 16.3 Å². The third kappa shape index (κ3) is 3.80. The molecule has 1 saturated heterocycles. The second-order valence-corrected chi connectivity index (χ2v) is 7.37. The highest BCUT2D eigenvalue weighted by Crippen LogP contribution is 2.33. The Morgan fingerprint density at radius 1 is 1.22 bits per heavy atom. The molecule has 1 atom stereocenters. The van der Waals surface area contributed by atoms with E-state index in [2.05, 4.69) is 21.2 Å². The van der Waals surface area contributed by atoms with Crippen molar-refractivity contribution in [3.05, 3.63) is 63.3 Å². The van der Waals surface area contributed by atoms with Crippen LogP contribution in [0.15, 0.2) is 46.9 Å². The molecule has 1 fully saturated rings. The average Bonchev–Trinajstić information content (AvgIpc) is 2.89. The summed E-state index contributed by atoms with van der Waals surface area (Å²) in [5, 5.41) is 3.32. The Bertz CT molecular complexity index is 878. The molecule has 0 aliphatic carbocycles. The molecule has 1 unspecified atom stereocenters. The van der Waals surface area contributed by atoms with Crippen molar-refractivity contribution < 1.29 is 18.7 Å². The minimum atomic E-state index is -1.19. The first-order chi connectivity index (χ1) is 12.9. The van der Waals surface area contributed by atoms with Crippen molar-refractivity contribution >= 4 is 39.5 Å². The van der Waals surface area contributed by atoms with Gasteiger partial charge < -0.3 is 10.1 Å². The van der Waals surface area contributed by atoms with E-state index in [1.165, 1.54) is 24.3 Å². The molecule has 0 saturated carbocycles. The van der Waals surface area contributed by atoms with Crippen molar-refractivity contribution in [2.75, 3.05) is 13.2 Å². The Morgan fingerprint density at radius 2 is 1.93 bits per heavy atom. The third-order valence-electron chi connectivity index (χ3n) is 4.51. The number of hydrogen-bond donors (Lipinski definition) is 1. The number of halogens is 3. The van der Waals surface area contributed by atoms with Crippen LogP contribution >= 0.6 is 27.5 Å². The van der Waals surface area contributed by atoms with Gasteiger partial charge in [0.2, 0.25) is 0 Å². The molecule has 8 heteroatoms. The first kappa shape index (κ1) is 19.6. The van der Waals surface area contributed by atoms with Gasteiger partial charge in [-0.3, -0.25) is 9.69 Å². The second-order valence-electron chi connectivity index (χ2n) is 6.08. The molecule has 0 bridgehead atoms. The molecule has 5 nitrogen and oxygen atoms in total. The molecule has 1 N–H and O–H groups in total. The molecule has 1 aliphatic rings. The summed E-state index contributed by atoms with van der Waals surface area (Å²) in [6.45, 7) is 2.01. The molecule has 27 heavy (non-hydrogen) atoms. The summed E-state index contributed by atoms with van der Waals surface area (Å²) < 4.78 is 19.6. The highest BCUT2D eigenvalue weighted by Gasteiger charge is 2.51. The van der Waals surface area contributed by atoms with Gasteiger partial charge in [0.1, 0.15) is 23.7 Å². The van der Waals surface area contributed by atoms with Crippen molar-refractivity contribution in [1.29, 1.82) is 0 Å². The maximum absolute atomic E-state index is 13.2. The van der Waals surface area contributed by atoms with Gasteiger partial charge in [0.05, 0.1) is 11.0 Å². The van der Waals surface area contributed by atoms with Gasteiger partial charge in [0.25, 0.3) is 5.91 Å². The zero-order chi connectivity index (χ0) is 19.6. The topological polar surface area (TPSA) is 58.6 Å². The molecule has 1 heterocycles. The number of nitrogens with zero attached hydrogens (tertiary/aromatic N) is 1. The van der Waals surface area contributed by atoms with Crippen molar-refractivity contribution in [2.45, 2.75) is 18.9 Å². The number of urea groups is 1. The highest BCUT2D eigenvalue weighted by atomic mass is 79.9. The lowest BCUT2D eigenvalue weighted by Crippen LogP contribution is -2.43. The molecule has 0 aromatic heterocycles. The number of nitrogens with one attached hydrogen (secondary N) is 1. The predicted octanol–water partition coefficient (Wildman–Crippen LogP) is 4.48. The zero-order valence-corrected chi connectivity index (χ0v) is 16.8. The first-order valence-electron chi connectivity index (χ1n) is 8.35. The van der Waals surface area contributed by atoms with Gasteiger partial charge in [-0.05, 0) is 58.2 Å². The van der Waals surface area contributed by atoms with Gasteiger partial charge in [0.15, 0.2) is 0 Å². The number of imide groups is 1. The van der Waals surface area contributed by atoms with E-state index in [0.717, 1.165) is 4.90 Å². The summed E-state index contributed by atoms with van der Waals surface area (Å²) in [5.41, 5.74) is -0.639. The van der Waals surface area contributed by atoms with E-state index in [1.807, 2.05) is 0 Å². The van der Waals surface area contributed by atoms with Crippen molar-refractivity contribution in [2.24, 2.45) is 0 Å². The standard InChI is InChI=1S/C19H17BrClFN2O3/c1-2-19(12-3-6-14(22)7-4-12)17(25)24(18(26)23-19)9-10-27-16-8-5-13(21)11-15(16)20/h3-8,11H,2,9-10H2,1H3,(H,23,26). The summed E-state index contributed by atoms with van der Waals surface area (Å²) in [4.78, 5) is 26.5. The normalized spacial score (nSPS) is 19.3. The highest BCUT2D eigenvalue weighted by molar-refractivity contribution is 9.10. The lowest BCUT2D eigenvalue weighted by molar-refractivity contribution is -0.132. The third-order valence-corrected chi connectivity index (χ3v) is 5.36. The summed E-state index contributed by atoms with van der Waals surface area (Å²) >= 11 is 9.24. The number of benzene rings is 2. The number of ether oxygens (including phenoxy) is 1. The van der Waals surface area contributed by atoms with Gasteiger partial charge in [0, 0.05) is 5.02 Å². The number of rotatable bonds is 6. The smallest absolute Gasteiger partial charge is 0.325 e. The summed E-state index contributed by atoms with van der Waals surface area (Å²) in [7, 11) is 0. The van der Waals surface area contributed by atoms with E-state index >= 15 is 0 Å². The van der Waals surface area contributed by atoms with Crippen molar-refractivity contribution in [3.8, 4) is 5.75 Å². The van der Waals surface area contributed by atoms with E-state index in [1.54, 1.807) is 25.1 Å². The Balaban J connectivity index is 1.72. The fourth-order valence-electron chi connectivity index (χ4n) is 3.04. The number of hydrogen-bond acceptors (Lipinski definition) is 3. The predicted molar refractivity (Wildman–Crippen MR) is 103 cm³/mol. The molecule has 3 amide bonds. The van der Waals surface area contributed by atoms with E-state index in [-0.39, 0.29) is 19.1 Å². The van der Waals surface area contributed by atoms with Crippen LogP contribution in [0.5, 0.6) is 5.75 Å². The first-order valence-corrected chi connectivity index (χ1v) is 9.52. The molecule has 2 aromatic rings. The van der Waals surface area contributed by atoms with Gasteiger partial charge in [-0.2, -0.15) is 0 Å². The Morgan fingerprint density at radius 3 is 2.56 bits per heavy atom. The van der Waals surface area contributed by atoms with Crippen LogP contribution in [0.1, 0.15) is 18.9 Å². The maximum Gasteiger partial charge on any atom is 0.325 e. The van der Waals surface area contributed by atoms with Crippen LogP contribution in [-0.4, -0.2) is 30.0 Å². The Hall–Kier alpha value is -2.12. The van der Waals surface area contributed by atoms with Crippen LogP contribution < -0.4 is 10.1 Å². The lowest BCUT2D eigenvalue weighted by atomic mass is 9.87. The van der Waals surface area contributed by atoms with Gasteiger partial charge >= 0.3 is 6.03 Å². The monoisotopic (exact) mass is 454 g/mol. The molecular weight excluding hydrogens is 439 g/mol. The number of carbonyl (C=O) groups is 2. The molecule has 1 aliphatic heterocycles. The number of amides is 3. The SMILES string of the molecule is CCC1(c2ccc(F)cc2)NC(=O)N(CCOc2ccc(Cl)cc2Br)C1=O. The Kier molecular flexibility index (Phi) is 5.72. The zero-order valence-electron chi connectivity index (χ0n) is 14.5. The molecule has 0 radical (unpaired) electrons. The fourth-order valence-corrected chi connectivity index (χ4v) is 3.84. The van der Waals surface area contributed by atoms with Crippen LogP contribution in [0.2, 0.25) is 5.02 Å². The van der Waals surface area contributed by atoms with Crippen LogP contribution in [0, 0.1) is 5.82 Å². The van der Waals surface area contributed by atoms with Gasteiger partial charge in [-0.15, -0.1) is 0 Å². The van der Waals surface area contributed by atoms with Crippen LogP contribution in [0.4, 0.5) is 9.18 Å². The van der Waals surface area contributed by atoms with Crippen molar-refractivity contribution in [3.63, 3.8) is 0 Å². The summed E-state index contributed by atoms with van der Waals surface area (Å²) in [5.74, 6) is -0.215. The molecule has 0 spiro atoms.